The number of ether oxygens (including phenoxy) is 1. The number of benzene rings is 1. The molecule has 1 aromatic carbocycles. The Hall–Kier alpha value is -2.10. The highest BCUT2D eigenvalue weighted by Crippen LogP contribution is 2.32. The Balaban J connectivity index is 1.18. The van der Waals surface area contributed by atoms with E-state index < -0.39 is 5.92 Å². The molecule has 1 aliphatic heterocycles. The first-order valence-electron chi connectivity index (χ1n) is 11.8. The van der Waals surface area contributed by atoms with Gasteiger partial charge in [-0.3, -0.25) is 14.7 Å². The third-order valence-corrected chi connectivity index (χ3v) is 7.95. The first kappa shape index (κ1) is 26.0. The minimum atomic E-state index is -2.88. The minimum Gasteiger partial charge on any atom is -0.487 e. The zero-order chi connectivity index (χ0) is 24.7. The van der Waals surface area contributed by atoms with E-state index in [0.717, 1.165) is 66.8 Å². The number of thioether (sulfide) groups is 2. The monoisotopic (exact) mass is 520 g/mol. The zero-order valence-corrected chi connectivity index (χ0v) is 21.4. The van der Waals surface area contributed by atoms with Crippen LogP contribution in [-0.2, 0) is 12.5 Å². The van der Waals surface area contributed by atoms with Gasteiger partial charge >= 0.3 is 0 Å². The lowest BCUT2D eigenvalue weighted by atomic mass is 10.1. The summed E-state index contributed by atoms with van der Waals surface area (Å²) in [6.45, 7) is 4.05. The number of rotatable bonds is 11. The van der Waals surface area contributed by atoms with Crippen LogP contribution in [0.4, 0.5) is 8.78 Å². The number of aromatic nitrogens is 1. The summed E-state index contributed by atoms with van der Waals surface area (Å²) in [5.74, 6) is 1.19. The van der Waals surface area contributed by atoms with Crippen LogP contribution in [0.15, 0.2) is 56.9 Å². The molecule has 2 aromatic heterocycles. The number of halogens is 2. The van der Waals surface area contributed by atoms with Crippen LogP contribution >= 0.6 is 23.5 Å². The molecular weight excluding hydrogens is 490 g/mol. The molecule has 3 aromatic rings. The Morgan fingerprint density at radius 1 is 1.17 bits per heavy atom. The molecule has 0 aliphatic carbocycles. The van der Waals surface area contributed by atoms with Crippen LogP contribution in [0.1, 0.15) is 37.5 Å². The van der Waals surface area contributed by atoms with E-state index in [4.69, 9.17) is 9.15 Å². The van der Waals surface area contributed by atoms with Gasteiger partial charge in [0.15, 0.2) is 0 Å². The van der Waals surface area contributed by atoms with Crippen LogP contribution in [0.25, 0.3) is 10.9 Å². The number of alkyl halides is 2. The van der Waals surface area contributed by atoms with E-state index in [0.29, 0.717) is 24.4 Å². The van der Waals surface area contributed by atoms with Crippen LogP contribution in [0.3, 0.4) is 0 Å². The van der Waals surface area contributed by atoms with Gasteiger partial charge in [-0.1, -0.05) is 12.1 Å². The van der Waals surface area contributed by atoms with Gasteiger partial charge < -0.3 is 9.15 Å². The van der Waals surface area contributed by atoms with E-state index in [1.165, 1.54) is 24.5 Å². The van der Waals surface area contributed by atoms with Crippen molar-refractivity contribution < 1.29 is 17.9 Å². The number of hydrogen-bond acceptors (Lipinski definition) is 7. The number of nitrogens with zero attached hydrogens (tertiary/aromatic N) is 2. The Labute approximate surface area is 212 Å². The molecule has 188 valence electrons. The Kier molecular flexibility index (Phi) is 9.08. The first-order chi connectivity index (χ1) is 16.9. The molecule has 0 bridgehead atoms. The second kappa shape index (κ2) is 12.2. The van der Waals surface area contributed by atoms with Gasteiger partial charge in [0.25, 0.3) is 5.92 Å². The molecule has 3 heterocycles. The number of unbranched alkanes of at least 4 members (excludes halogenated alkanes) is 2. The second-order valence-corrected chi connectivity index (χ2v) is 11.0. The van der Waals surface area contributed by atoms with Gasteiger partial charge in [0.2, 0.25) is 11.2 Å². The van der Waals surface area contributed by atoms with Crippen molar-refractivity contribution in [3.63, 3.8) is 0 Å². The van der Waals surface area contributed by atoms with Gasteiger partial charge in [-0.25, -0.2) is 8.78 Å². The highest BCUT2D eigenvalue weighted by molar-refractivity contribution is 7.99. The molecular formula is C26H30F2N2O3S2. The smallest absolute Gasteiger partial charge is 0.270 e. The van der Waals surface area contributed by atoms with E-state index in [1.807, 2.05) is 17.8 Å². The predicted octanol–water partition coefficient (Wildman–Crippen LogP) is 6.19. The topological polar surface area (TPSA) is 55.6 Å². The molecule has 0 spiro atoms. The van der Waals surface area contributed by atoms with Crippen LogP contribution in [0.2, 0.25) is 0 Å². The molecule has 1 saturated heterocycles. The largest absolute Gasteiger partial charge is 0.487 e. The lowest BCUT2D eigenvalue weighted by Gasteiger charge is -2.25. The highest BCUT2D eigenvalue weighted by atomic mass is 32.2. The standard InChI is InChI=1S/C26H30F2N2O3S2/c1-26(27,28)19-5-6-21-22(15-19)29-8-7-25(21)35-12-4-2-3-11-32-24-18-33-20(16-23(24)31)17-30-9-13-34-14-10-30/h5-8,15-16,18H,2-4,9-14,17H2,1H3. The fourth-order valence-corrected chi connectivity index (χ4v) is 5.90. The summed E-state index contributed by atoms with van der Waals surface area (Å²) < 4.78 is 38.5. The predicted molar refractivity (Wildman–Crippen MR) is 139 cm³/mol. The fourth-order valence-electron chi connectivity index (χ4n) is 3.87. The molecule has 0 N–H and O–H groups in total. The SMILES string of the molecule is CC(F)(F)c1ccc2c(SCCCCCOc3coc(CN4CCSCC4)cc3=O)ccnc2c1. The van der Waals surface area contributed by atoms with Crippen LogP contribution in [0, 0.1) is 0 Å². The van der Waals surface area contributed by atoms with Crippen molar-refractivity contribution in [3.8, 4) is 5.75 Å². The van der Waals surface area contributed by atoms with Gasteiger partial charge in [0.05, 0.1) is 18.7 Å². The lowest BCUT2D eigenvalue weighted by Crippen LogP contribution is -2.32. The molecule has 5 nitrogen and oxygen atoms in total. The molecule has 4 rings (SSSR count). The van der Waals surface area contributed by atoms with Crippen molar-refractivity contribution in [3.05, 3.63) is 64.3 Å². The Morgan fingerprint density at radius 2 is 2.00 bits per heavy atom. The average molecular weight is 521 g/mol. The van der Waals surface area contributed by atoms with Crippen LogP contribution in [-0.4, -0.2) is 46.8 Å². The van der Waals surface area contributed by atoms with Gasteiger partial charge in [-0.05, 0) is 37.1 Å². The maximum atomic E-state index is 13.6. The number of pyridine rings is 1. The van der Waals surface area contributed by atoms with Crippen LogP contribution in [0.5, 0.6) is 5.75 Å². The lowest BCUT2D eigenvalue weighted by molar-refractivity contribution is 0.0176. The molecule has 1 aliphatic rings. The summed E-state index contributed by atoms with van der Waals surface area (Å²) in [6, 6.07) is 8.13. The van der Waals surface area contributed by atoms with Crippen LogP contribution < -0.4 is 10.2 Å². The molecule has 0 radical (unpaired) electrons. The fraction of sp³-hybridized carbons (Fsp3) is 0.462. The van der Waals surface area contributed by atoms with Crippen molar-refractivity contribution in [2.45, 2.75) is 43.5 Å². The molecule has 0 saturated carbocycles. The van der Waals surface area contributed by atoms with Crippen molar-refractivity contribution in [2.75, 3.05) is 37.0 Å². The van der Waals surface area contributed by atoms with Crippen molar-refractivity contribution in [1.82, 2.24) is 9.88 Å². The van der Waals surface area contributed by atoms with Crippen molar-refractivity contribution in [2.24, 2.45) is 0 Å². The minimum absolute atomic E-state index is 0.0236. The van der Waals surface area contributed by atoms with Gasteiger partial charge in [-0.2, -0.15) is 11.8 Å². The van der Waals surface area contributed by atoms with Gasteiger partial charge in [0.1, 0.15) is 12.0 Å². The summed E-state index contributed by atoms with van der Waals surface area (Å²) in [4.78, 5) is 19.9. The van der Waals surface area contributed by atoms with Crippen molar-refractivity contribution in [1.29, 1.82) is 0 Å². The summed E-state index contributed by atoms with van der Waals surface area (Å²) in [7, 11) is 0. The summed E-state index contributed by atoms with van der Waals surface area (Å²) in [5, 5.41) is 0.892. The maximum Gasteiger partial charge on any atom is 0.270 e. The van der Waals surface area contributed by atoms with E-state index in [2.05, 4.69) is 9.88 Å². The summed E-state index contributed by atoms with van der Waals surface area (Å²) >= 11 is 3.65. The van der Waals surface area contributed by atoms with Gasteiger partial charge in [-0.15, -0.1) is 11.8 Å². The normalized spacial score (nSPS) is 14.9. The van der Waals surface area contributed by atoms with E-state index in [1.54, 1.807) is 24.0 Å². The van der Waals surface area contributed by atoms with E-state index >= 15 is 0 Å². The first-order valence-corrected chi connectivity index (χ1v) is 14.0. The third kappa shape index (κ3) is 7.44. The molecule has 9 heteroatoms. The zero-order valence-electron chi connectivity index (χ0n) is 19.8. The number of fused-ring (bicyclic) bond motifs is 1. The average Bonchev–Trinajstić information content (AvgIpc) is 2.84. The summed E-state index contributed by atoms with van der Waals surface area (Å²) in [5.41, 5.74) is 0.425. The van der Waals surface area contributed by atoms with E-state index in [9.17, 15) is 13.6 Å². The summed E-state index contributed by atoms with van der Waals surface area (Å²) in [6.07, 6.45) is 5.86. The van der Waals surface area contributed by atoms with E-state index in [-0.39, 0.29) is 16.7 Å². The molecule has 0 unspecified atom stereocenters. The second-order valence-electron chi connectivity index (χ2n) is 8.65. The number of hydrogen-bond donors (Lipinski definition) is 0. The van der Waals surface area contributed by atoms with Gasteiger partial charge in [0, 0.05) is 59.6 Å². The molecule has 0 atom stereocenters. The maximum absolute atomic E-state index is 13.6. The third-order valence-electron chi connectivity index (χ3n) is 5.85. The Bertz CT molecular complexity index is 1180. The molecule has 0 amide bonds. The van der Waals surface area contributed by atoms with Crippen molar-refractivity contribution >= 4 is 34.4 Å². The Morgan fingerprint density at radius 3 is 2.77 bits per heavy atom. The quantitative estimate of drug-likeness (QED) is 0.221. The highest BCUT2D eigenvalue weighted by Gasteiger charge is 2.24. The molecule has 1 fully saturated rings. The molecule has 35 heavy (non-hydrogen) atoms.